The van der Waals surface area contributed by atoms with Gasteiger partial charge < -0.3 is 23.3 Å². The molecule has 0 amide bonds. The Bertz CT molecular complexity index is 1250. The summed E-state index contributed by atoms with van der Waals surface area (Å²) in [4.78, 5) is 14.0. The summed E-state index contributed by atoms with van der Waals surface area (Å²) in [6.45, 7) is 6.30. The minimum atomic E-state index is -3.93. The molecule has 0 fully saturated rings. The van der Waals surface area contributed by atoms with Crippen LogP contribution in [0.3, 0.4) is 0 Å². The Hall–Kier alpha value is -3.00. The quantitative estimate of drug-likeness (QED) is 0.173. The zero-order valence-electron chi connectivity index (χ0n) is 23.1. The van der Waals surface area contributed by atoms with E-state index >= 15 is 0 Å². The predicted octanol–water partition coefficient (Wildman–Crippen LogP) is 6.42. The van der Waals surface area contributed by atoms with Crippen molar-refractivity contribution in [2.75, 3.05) is 34.5 Å². The Kier molecular flexibility index (Phi) is 10.6. The SMILES string of the molecule is CCCCOP(=O)(OCCCC)C(c1cc(OC)c(OC)c(OC)c1)c1c(C)[nH]n(-c2ccccc2)c1=O. The molecule has 1 heterocycles. The third-order valence-electron chi connectivity index (χ3n) is 6.26. The van der Waals surface area contributed by atoms with Crippen molar-refractivity contribution < 1.29 is 27.8 Å². The van der Waals surface area contributed by atoms with Gasteiger partial charge in [-0.25, -0.2) is 4.68 Å². The van der Waals surface area contributed by atoms with Gasteiger partial charge in [-0.2, -0.15) is 0 Å². The summed E-state index contributed by atoms with van der Waals surface area (Å²) in [5.74, 6) is 1.13. The largest absolute Gasteiger partial charge is 0.493 e. The molecule has 1 aromatic heterocycles. The van der Waals surface area contributed by atoms with Gasteiger partial charge in [0.2, 0.25) is 5.75 Å². The number of nitrogens with one attached hydrogen (secondary N) is 1. The highest BCUT2D eigenvalue weighted by atomic mass is 31.2. The summed E-state index contributed by atoms with van der Waals surface area (Å²) < 4.78 is 45.0. The van der Waals surface area contributed by atoms with Crippen molar-refractivity contribution in [1.82, 2.24) is 9.78 Å². The summed E-state index contributed by atoms with van der Waals surface area (Å²) in [6.07, 6.45) is 3.11. The van der Waals surface area contributed by atoms with Crippen LogP contribution in [-0.2, 0) is 13.6 Å². The highest BCUT2D eigenvalue weighted by molar-refractivity contribution is 7.54. The summed E-state index contributed by atoms with van der Waals surface area (Å²) in [6, 6.07) is 12.6. The Morgan fingerprint density at radius 1 is 0.895 bits per heavy atom. The van der Waals surface area contributed by atoms with Crippen molar-refractivity contribution in [3.63, 3.8) is 0 Å². The molecular weight excluding hydrogens is 507 g/mol. The molecule has 0 aliphatic heterocycles. The molecule has 3 rings (SSSR count). The number of ether oxygens (including phenoxy) is 3. The molecule has 0 aliphatic carbocycles. The maximum atomic E-state index is 14.7. The van der Waals surface area contributed by atoms with Crippen molar-refractivity contribution in [2.24, 2.45) is 0 Å². The van der Waals surface area contributed by atoms with Crippen molar-refractivity contribution in [3.05, 3.63) is 69.6 Å². The molecule has 9 nitrogen and oxygen atoms in total. The number of benzene rings is 2. The van der Waals surface area contributed by atoms with Crippen LogP contribution in [-0.4, -0.2) is 44.3 Å². The van der Waals surface area contributed by atoms with E-state index in [4.69, 9.17) is 23.3 Å². The van der Waals surface area contributed by atoms with Crippen molar-refractivity contribution in [1.29, 1.82) is 0 Å². The number of nitrogens with zero attached hydrogens (tertiary/aromatic N) is 1. The van der Waals surface area contributed by atoms with Gasteiger partial charge in [-0.1, -0.05) is 44.9 Å². The fourth-order valence-corrected chi connectivity index (χ4v) is 6.54. The lowest BCUT2D eigenvalue weighted by Gasteiger charge is -2.28. The summed E-state index contributed by atoms with van der Waals surface area (Å²) in [5.41, 5.74) is 0.610. The van der Waals surface area contributed by atoms with Crippen molar-refractivity contribution >= 4 is 7.60 Å². The summed E-state index contributed by atoms with van der Waals surface area (Å²) >= 11 is 0. The van der Waals surface area contributed by atoms with Crippen LogP contribution in [0.1, 0.15) is 62.0 Å². The van der Waals surface area contributed by atoms with E-state index < -0.39 is 13.3 Å². The second-order valence-electron chi connectivity index (χ2n) is 8.90. The fraction of sp³-hybridized carbons (Fsp3) is 0.464. The van der Waals surface area contributed by atoms with Crippen molar-refractivity contribution in [2.45, 2.75) is 52.1 Å². The Morgan fingerprint density at radius 2 is 1.45 bits per heavy atom. The lowest BCUT2D eigenvalue weighted by atomic mass is 10.0. The fourth-order valence-electron chi connectivity index (χ4n) is 4.27. The lowest BCUT2D eigenvalue weighted by molar-refractivity contribution is 0.195. The van der Waals surface area contributed by atoms with Gasteiger partial charge in [-0.05, 0) is 49.6 Å². The van der Waals surface area contributed by atoms with Crippen LogP contribution in [0.25, 0.3) is 5.69 Å². The van der Waals surface area contributed by atoms with Gasteiger partial charge in [0, 0.05) is 5.69 Å². The average molecular weight is 547 g/mol. The van der Waals surface area contributed by atoms with E-state index in [1.807, 2.05) is 44.2 Å². The first-order chi connectivity index (χ1) is 18.3. The molecule has 38 heavy (non-hydrogen) atoms. The zero-order valence-corrected chi connectivity index (χ0v) is 24.0. The standard InChI is InChI=1S/C28H39N2O7P/c1-7-9-16-36-38(32,37-17-10-8-2)27(21-18-23(33-4)26(35-6)24(19-21)34-5)25-20(3)29-30(28(25)31)22-14-12-11-13-15-22/h11-15,18-19,27,29H,7-10,16-17H2,1-6H3. The highest BCUT2D eigenvalue weighted by Gasteiger charge is 2.43. The van der Waals surface area contributed by atoms with Gasteiger partial charge in [0.1, 0.15) is 5.66 Å². The molecule has 2 aromatic carbocycles. The molecule has 10 heteroatoms. The van der Waals surface area contributed by atoms with E-state index in [1.165, 1.54) is 26.0 Å². The molecule has 0 aliphatic rings. The normalized spacial score (nSPS) is 12.4. The van der Waals surface area contributed by atoms with Crippen LogP contribution in [0.5, 0.6) is 17.2 Å². The van der Waals surface area contributed by atoms with Crippen LogP contribution in [0.15, 0.2) is 47.3 Å². The molecule has 0 radical (unpaired) electrons. The van der Waals surface area contributed by atoms with Gasteiger partial charge in [0.25, 0.3) is 5.56 Å². The van der Waals surface area contributed by atoms with Crippen LogP contribution in [0, 0.1) is 6.92 Å². The number of aromatic amines is 1. The number of hydrogen-bond acceptors (Lipinski definition) is 7. The average Bonchev–Trinajstić information content (AvgIpc) is 3.22. The third kappa shape index (κ3) is 6.34. The Morgan fingerprint density at radius 3 is 1.92 bits per heavy atom. The number of unbranched alkanes of at least 4 members (excludes halogenated alkanes) is 2. The van der Waals surface area contributed by atoms with E-state index in [1.54, 1.807) is 19.1 Å². The van der Waals surface area contributed by atoms with Crippen LogP contribution in [0.2, 0.25) is 0 Å². The van der Waals surface area contributed by atoms with Crippen LogP contribution in [0.4, 0.5) is 0 Å². The first-order valence-corrected chi connectivity index (χ1v) is 14.5. The van der Waals surface area contributed by atoms with Crippen LogP contribution < -0.4 is 19.8 Å². The molecule has 0 bridgehead atoms. The maximum Gasteiger partial charge on any atom is 0.342 e. The van der Waals surface area contributed by atoms with Gasteiger partial charge in [0.05, 0.1) is 45.8 Å². The van der Waals surface area contributed by atoms with Crippen LogP contribution >= 0.6 is 7.60 Å². The third-order valence-corrected chi connectivity index (χ3v) is 8.54. The molecule has 0 saturated carbocycles. The number of aromatic nitrogens is 2. The van der Waals surface area contributed by atoms with Gasteiger partial charge in [-0.15, -0.1) is 0 Å². The molecule has 0 spiro atoms. The molecule has 1 unspecified atom stereocenters. The Balaban J connectivity index is 2.31. The van der Waals surface area contributed by atoms with E-state index in [0.29, 0.717) is 52.6 Å². The van der Waals surface area contributed by atoms with E-state index in [9.17, 15) is 9.36 Å². The molecular formula is C28H39N2O7P. The molecule has 208 valence electrons. The highest BCUT2D eigenvalue weighted by Crippen LogP contribution is 2.64. The number of H-pyrrole nitrogens is 1. The minimum absolute atomic E-state index is 0.233. The number of aryl methyl sites for hydroxylation is 1. The van der Waals surface area contributed by atoms with Gasteiger partial charge >= 0.3 is 7.60 Å². The predicted molar refractivity (Wildman–Crippen MR) is 148 cm³/mol. The van der Waals surface area contributed by atoms with Gasteiger partial charge in [0.15, 0.2) is 11.5 Å². The van der Waals surface area contributed by atoms with Crippen molar-refractivity contribution in [3.8, 4) is 22.9 Å². The van der Waals surface area contributed by atoms with E-state index in [-0.39, 0.29) is 18.8 Å². The van der Waals surface area contributed by atoms with Gasteiger partial charge in [-0.3, -0.25) is 14.5 Å². The number of rotatable bonds is 15. The molecule has 1 N–H and O–H groups in total. The second kappa shape index (κ2) is 13.7. The number of hydrogen-bond donors (Lipinski definition) is 1. The zero-order chi connectivity index (χ0) is 27.7. The Labute approximate surface area is 224 Å². The maximum absolute atomic E-state index is 14.7. The lowest BCUT2D eigenvalue weighted by Crippen LogP contribution is -2.21. The topological polar surface area (TPSA) is 101 Å². The first-order valence-electron chi connectivity index (χ1n) is 12.9. The number of methoxy groups -OCH3 is 3. The number of para-hydroxylation sites is 1. The monoisotopic (exact) mass is 546 g/mol. The summed E-state index contributed by atoms with van der Waals surface area (Å²) in [5, 5.41) is 3.15. The molecule has 1 atom stereocenters. The van der Waals surface area contributed by atoms with E-state index in [2.05, 4.69) is 5.10 Å². The smallest absolute Gasteiger partial charge is 0.342 e. The second-order valence-corrected chi connectivity index (χ2v) is 11.0. The summed E-state index contributed by atoms with van der Waals surface area (Å²) in [7, 11) is 0.597. The molecule has 0 saturated heterocycles. The molecule has 3 aromatic rings. The van der Waals surface area contributed by atoms with E-state index in [0.717, 1.165) is 12.8 Å². The minimum Gasteiger partial charge on any atom is -0.493 e. The first kappa shape index (κ1) is 29.6.